The molecule has 2 fully saturated rings. The molecular weight excluding hydrogens is 384 g/mol. The van der Waals surface area contributed by atoms with Crippen LogP contribution in [0.5, 0.6) is 5.75 Å². The molecule has 30 heavy (non-hydrogen) atoms. The molecule has 1 saturated carbocycles. The highest BCUT2D eigenvalue weighted by Crippen LogP contribution is 2.38. The molecule has 7 nitrogen and oxygen atoms in total. The summed E-state index contributed by atoms with van der Waals surface area (Å²) in [6, 6.07) is 10.6. The summed E-state index contributed by atoms with van der Waals surface area (Å²) in [5.74, 6) is 0.954. The van der Waals surface area contributed by atoms with E-state index in [0.717, 1.165) is 25.1 Å². The first-order chi connectivity index (χ1) is 14.4. The van der Waals surface area contributed by atoms with Crippen molar-refractivity contribution in [3.8, 4) is 5.75 Å². The van der Waals surface area contributed by atoms with Crippen LogP contribution in [0.25, 0.3) is 0 Å². The number of nitrogens with zero attached hydrogens (tertiary/aromatic N) is 2. The number of carbonyl (C=O) groups excluding carboxylic acids is 1. The Bertz CT molecular complexity index is 972. The SMILES string of the molecule is COC(=O)c1cccc(O[C@@H]2C[C@@H]3CN(Cc4cccn(C)c4=O)C[C@@H]3C[C@H]2O)c1. The maximum Gasteiger partial charge on any atom is 0.337 e. The third kappa shape index (κ3) is 4.27. The second-order valence-corrected chi connectivity index (χ2v) is 8.38. The van der Waals surface area contributed by atoms with Crippen molar-refractivity contribution in [1.82, 2.24) is 9.47 Å². The summed E-state index contributed by atoms with van der Waals surface area (Å²) in [6.45, 7) is 2.39. The first kappa shape index (κ1) is 20.6. The van der Waals surface area contributed by atoms with Gasteiger partial charge in [0.2, 0.25) is 0 Å². The number of hydrogen-bond acceptors (Lipinski definition) is 6. The predicted octanol–water partition coefficient (Wildman–Crippen LogP) is 1.82. The highest BCUT2D eigenvalue weighted by Gasteiger charge is 2.42. The van der Waals surface area contributed by atoms with Gasteiger partial charge in [-0.3, -0.25) is 9.69 Å². The molecule has 7 heteroatoms. The lowest BCUT2D eigenvalue weighted by Gasteiger charge is -2.35. The Kier molecular flexibility index (Phi) is 5.92. The Balaban J connectivity index is 1.40. The number of ether oxygens (including phenoxy) is 2. The fraction of sp³-hybridized carbons (Fsp3) is 0.478. The zero-order chi connectivity index (χ0) is 21.3. The molecule has 1 aliphatic carbocycles. The molecule has 1 N–H and O–H groups in total. The van der Waals surface area contributed by atoms with E-state index in [0.29, 0.717) is 36.1 Å². The highest BCUT2D eigenvalue weighted by molar-refractivity contribution is 5.89. The van der Waals surface area contributed by atoms with Gasteiger partial charge in [0.1, 0.15) is 11.9 Å². The minimum Gasteiger partial charge on any atom is -0.488 e. The van der Waals surface area contributed by atoms with Crippen LogP contribution in [-0.2, 0) is 18.3 Å². The van der Waals surface area contributed by atoms with Crippen molar-refractivity contribution >= 4 is 5.97 Å². The van der Waals surface area contributed by atoms with Crippen LogP contribution in [0.15, 0.2) is 47.4 Å². The Labute approximate surface area is 175 Å². The average Bonchev–Trinajstić information content (AvgIpc) is 3.12. The van der Waals surface area contributed by atoms with E-state index in [2.05, 4.69) is 4.90 Å². The van der Waals surface area contributed by atoms with Crippen LogP contribution >= 0.6 is 0 Å². The van der Waals surface area contributed by atoms with Gasteiger partial charge in [-0.2, -0.15) is 0 Å². The summed E-state index contributed by atoms with van der Waals surface area (Å²) in [5.41, 5.74) is 1.26. The normalized spacial score (nSPS) is 26.2. The monoisotopic (exact) mass is 412 g/mol. The molecule has 1 aromatic heterocycles. The maximum atomic E-state index is 12.3. The van der Waals surface area contributed by atoms with Crippen molar-refractivity contribution in [2.75, 3.05) is 20.2 Å². The number of aryl methyl sites for hydroxylation is 1. The van der Waals surface area contributed by atoms with Gasteiger partial charge in [-0.25, -0.2) is 4.79 Å². The van der Waals surface area contributed by atoms with Crippen molar-refractivity contribution in [2.45, 2.75) is 31.6 Å². The number of hydrogen-bond donors (Lipinski definition) is 1. The lowest BCUT2D eigenvalue weighted by atomic mass is 9.78. The summed E-state index contributed by atoms with van der Waals surface area (Å²) < 4.78 is 12.4. The number of pyridine rings is 1. The average molecular weight is 412 g/mol. The van der Waals surface area contributed by atoms with Gasteiger partial charge in [-0.05, 0) is 48.9 Å². The van der Waals surface area contributed by atoms with Gasteiger partial charge in [0.25, 0.3) is 5.56 Å². The second-order valence-electron chi connectivity index (χ2n) is 8.38. The van der Waals surface area contributed by atoms with Crippen LogP contribution in [0.4, 0.5) is 0 Å². The molecule has 1 aliphatic heterocycles. The molecule has 4 rings (SSSR count). The molecule has 0 spiro atoms. The number of rotatable bonds is 5. The molecule has 160 valence electrons. The molecule has 2 aromatic rings. The summed E-state index contributed by atoms with van der Waals surface area (Å²) in [4.78, 5) is 26.4. The van der Waals surface area contributed by atoms with Gasteiger partial charge >= 0.3 is 5.97 Å². The minimum atomic E-state index is -0.558. The Morgan fingerprint density at radius 3 is 2.70 bits per heavy atom. The minimum absolute atomic E-state index is 0.0408. The van der Waals surface area contributed by atoms with E-state index < -0.39 is 12.1 Å². The largest absolute Gasteiger partial charge is 0.488 e. The Hall–Kier alpha value is -2.64. The van der Waals surface area contributed by atoms with Crippen LogP contribution in [0.2, 0.25) is 0 Å². The predicted molar refractivity (Wildman–Crippen MR) is 111 cm³/mol. The van der Waals surface area contributed by atoms with Crippen molar-refractivity contribution in [1.29, 1.82) is 0 Å². The highest BCUT2D eigenvalue weighted by atomic mass is 16.5. The maximum absolute atomic E-state index is 12.3. The van der Waals surface area contributed by atoms with Gasteiger partial charge in [-0.1, -0.05) is 12.1 Å². The summed E-state index contributed by atoms with van der Waals surface area (Å²) >= 11 is 0. The van der Waals surface area contributed by atoms with Crippen LogP contribution in [-0.4, -0.2) is 53.0 Å². The molecule has 1 aromatic carbocycles. The van der Waals surface area contributed by atoms with Crippen molar-refractivity contribution in [2.24, 2.45) is 18.9 Å². The van der Waals surface area contributed by atoms with Gasteiger partial charge < -0.3 is 19.1 Å². The van der Waals surface area contributed by atoms with E-state index in [1.54, 1.807) is 42.1 Å². The molecule has 1 saturated heterocycles. The number of benzene rings is 1. The molecule has 0 radical (unpaired) electrons. The number of aliphatic hydroxyl groups excluding tert-OH is 1. The van der Waals surface area contributed by atoms with E-state index in [-0.39, 0.29) is 11.7 Å². The molecule has 2 aliphatic rings. The molecule has 0 unspecified atom stereocenters. The quantitative estimate of drug-likeness (QED) is 0.755. The lowest BCUT2D eigenvalue weighted by Crippen LogP contribution is -2.42. The van der Waals surface area contributed by atoms with E-state index in [4.69, 9.17) is 9.47 Å². The van der Waals surface area contributed by atoms with E-state index in [9.17, 15) is 14.7 Å². The standard InChI is InChI=1S/C23H28N2O5/c1-24-8-4-6-16(22(24)27)12-25-13-17-10-20(26)21(11-18(17)14-25)30-19-7-3-5-15(9-19)23(28)29-2/h3-9,17-18,20-21,26H,10-14H2,1-2H3/t17-,18+,20+,21+/m0/s1. The van der Waals surface area contributed by atoms with E-state index in [1.165, 1.54) is 7.11 Å². The number of esters is 1. The topological polar surface area (TPSA) is 81.0 Å². The van der Waals surface area contributed by atoms with Crippen molar-refractivity contribution in [3.05, 3.63) is 64.1 Å². The summed E-state index contributed by atoms with van der Waals surface area (Å²) in [6.07, 6.45) is 2.32. The van der Waals surface area contributed by atoms with Gasteiger partial charge in [0.15, 0.2) is 0 Å². The van der Waals surface area contributed by atoms with E-state index in [1.807, 2.05) is 12.1 Å². The number of carbonyl (C=O) groups is 1. The molecule has 0 bridgehead atoms. The fourth-order valence-electron chi connectivity index (χ4n) is 4.75. The van der Waals surface area contributed by atoms with Crippen molar-refractivity contribution < 1.29 is 19.4 Å². The summed E-state index contributed by atoms with van der Waals surface area (Å²) in [7, 11) is 3.11. The zero-order valence-corrected chi connectivity index (χ0v) is 17.4. The Morgan fingerprint density at radius 1 is 1.17 bits per heavy atom. The van der Waals surface area contributed by atoms with Crippen LogP contribution in [0.3, 0.4) is 0 Å². The lowest BCUT2D eigenvalue weighted by molar-refractivity contribution is -0.0231. The molecule has 2 heterocycles. The second kappa shape index (κ2) is 8.62. The third-order valence-corrected chi connectivity index (χ3v) is 6.30. The number of likely N-dealkylation sites (tertiary alicyclic amines) is 1. The third-order valence-electron chi connectivity index (χ3n) is 6.30. The molecule has 0 amide bonds. The first-order valence-corrected chi connectivity index (χ1v) is 10.3. The smallest absolute Gasteiger partial charge is 0.337 e. The molecular formula is C23H28N2O5. The van der Waals surface area contributed by atoms with Crippen molar-refractivity contribution in [3.63, 3.8) is 0 Å². The fourth-order valence-corrected chi connectivity index (χ4v) is 4.75. The number of aromatic nitrogens is 1. The van der Waals surface area contributed by atoms with Crippen LogP contribution < -0.4 is 10.3 Å². The van der Waals surface area contributed by atoms with Crippen LogP contribution in [0, 0.1) is 11.8 Å². The van der Waals surface area contributed by atoms with Gasteiger partial charge in [0, 0.05) is 38.4 Å². The number of fused-ring (bicyclic) bond motifs is 1. The first-order valence-electron chi connectivity index (χ1n) is 10.3. The van der Waals surface area contributed by atoms with Gasteiger partial charge in [-0.15, -0.1) is 0 Å². The summed E-state index contributed by atoms with van der Waals surface area (Å²) in [5, 5.41) is 10.7. The van der Waals surface area contributed by atoms with Crippen LogP contribution in [0.1, 0.15) is 28.8 Å². The Morgan fingerprint density at radius 2 is 1.93 bits per heavy atom. The number of methoxy groups -OCH3 is 1. The molecule has 4 atom stereocenters. The van der Waals surface area contributed by atoms with E-state index >= 15 is 0 Å². The van der Waals surface area contributed by atoms with Gasteiger partial charge in [0.05, 0.1) is 18.8 Å². The zero-order valence-electron chi connectivity index (χ0n) is 17.4. The number of aliphatic hydroxyl groups is 1.